The summed E-state index contributed by atoms with van der Waals surface area (Å²) in [4.78, 5) is 18.9. The summed E-state index contributed by atoms with van der Waals surface area (Å²) in [5.74, 6) is 1.27. The van der Waals surface area contributed by atoms with Crippen LogP contribution in [0, 0.1) is 13.8 Å². The number of hydrogen-bond donors (Lipinski definition) is 3. The third kappa shape index (κ3) is 4.63. The first-order valence-corrected chi connectivity index (χ1v) is 7.68. The second-order valence-corrected chi connectivity index (χ2v) is 6.05. The number of H-pyrrole nitrogens is 1. The summed E-state index contributed by atoms with van der Waals surface area (Å²) in [6.45, 7) is 7.72. The van der Waals surface area contributed by atoms with E-state index < -0.39 is 5.60 Å². The summed E-state index contributed by atoms with van der Waals surface area (Å²) in [5, 5.41) is 13.3. The van der Waals surface area contributed by atoms with Crippen LogP contribution in [0.5, 0.6) is 0 Å². The molecule has 0 aliphatic carbocycles. The summed E-state index contributed by atoms with van der Waals surface area (Å²) in [5.41, 5.74) is 0.456. The normalized spacial score (nSPS) is 16.1. The van der Waals surface area contributed by atoms with Crippen LogP contribution in [0.1, 0.15) is 37.0 Å². The first-order valence-electron chi connectivity index (χ1n) is 6.29. The number of thioether (sulfide) groups is 1. The van der Waals surface area contributed by atoms with E-state index in [9.17, 15) is 9.90 Å². The maximum atomic E-state index is 12.0. The molecule has 0 amide bonds. The fraction of sp³-hybridized carbons (Fsp3) is 0.692. The predicted octanol–water partition coefficient (Wildman–Crippen LogP) is 1.15. The summed E-state index contributed by atoms with van der Waals surface area (Å²) in [6, 6.07) is -0.148. The van der Waals surface area contributed by atoms with Crippen LogP contribution in [-0.4, -0.2) is 39.2 Å². The molecule has 1 heterocycles. The molecule has 0 radical (unpaired) electrons. The molecule has 108 valence electrons. The van der Waals surface area contributed by atoms with Crippen molar-refractivity contribution in [2.45, 2.75) is 39.3 Å². The van der Waals surface area contributed by atoms with Gasteiger partial charge in [-0.15, -0.1) is 0 Å². The molecule has 0 aliphatic heterocycles. The van der Waals surface area contributed by atoms with Crippen LogP contribution < -0.4 is 10.9 Å². The number of aliphatic hydroxyl groups is 1. The average molecular weight is 285 g/mol. The Hall–Kier alpha value is -0.850. The molecule has 0 saturated carbocycles. The third-order valence-electron chi connectivity index (χ3n) is 2.94. The van der Waals surface area contributed by atoms with Gasteiger partial charge < -0.3 is 15.4 Å². The minimum atomic E-state index is -0.785. The standard InChI is InChI=1S/C13H23N3O2S/c1-8(14-6-13(4,18)7-19-5)11-9(2)15-10(3)16-12(11)17/h8,14,18H,6-7H2,1-5H3,(H,15,16,17). The molecule has 2 atom stereocenters. The molecule has 1 aromatic rings. The fourth-order valence-electron chi connectivity index (χ4n) is 2.08. The van der Waals surface area contributed by atoms with Crippen LogP contribution in [-0.2, 0) is 0 Å². The average Bonchev–Trinajstić information content (AvgIpc) is 2.25. The van der Waals surface area contributed by atoms with Crippen LogP contribution in [0.25, 0.3) is 0 Å². The lowest BCUT2D eigenvalue weighted by molar-refractivity contribution is 0.0819. The monoisotopic (exact) mass is 285 g/mol. The van der Waals surface area contributed by atoms with Crippen LogP contribution in [0.4, 0.5) is 0 Å². The number of nitrogens with zero attached hydrogens (tertiary/aromatic N) is 1. The molecule has 2 unspecified atom stereocenters. The van der Waals surface area contributed by atoms with Gasteiger partial charge in [-0.25, -0.2) is 4.98 Å². The number of hydrogen-bond acceptors (Lipinski definition) is 5. The molecule has 5 nitrogen and oxygen atoms in total. The zero-order valence-corrected chi connectivity index (χ0v) is 13.0. The molecule has 0 bridgehead atoms. The number of aromatic amines is 1. The number of aryl methyl sites for hydroxylation is 2. The molecular formula is C13H23N3O2S. The van der Waals surface area contributed by atoms with Gasteiger partial charge in [-0.2, -0.15) is 11.8 Å². The van der Waals surface area contributed by atoms with E-state index in [2.05, 4.69) is 15.3 Å². The van der Waals surface area contributed by atoms with E-state index in [4.69, 9.17) is 0 Å². The first kappa shape index (κ1) is 16.2. The fourth-order valence-corrected chi connectivity index (χ4v) is 2.81. The highest BCUT2D eigenvalue weighted by Gasteiger charge is 2.22. The van der Waals surface area contributed by atoms with E-state index in [-0.39, 0.29) is 11.6 Å². The first-order chi connectivity index (χ1) is 8.76. The van der Waals surface area contributed by atoms with E-state index in [1.807, 2.05) is 20.1 Å². The Morgan fingerprint density at radius 1 is 1.53 bits per heavy atom. The summed E-state index contributed by atoms with van der Waals surface area (Å²) in [6.07, 6.45) is 1.96. The maximum absolute atomic E-state index is 12.0. The van der Waals surface area contributed by atoms with Crippen LogP contribution in [0.2, 0.25) is 0 Å². The second-order valence-electron chi connectivity index (χ2n) is 5.18. The van der Waals surface area contributed by atoms with Crippen LogP contribution >= 0.6 is 11.8 Å². The lowest BCUT2D eigenvalue weighted by Gasteiger charge is -2.25. The smallest absolute Gasteiger partial charge is 0.255 e. The predicted molar refractivity (Wildman–Crippen MR) is 79.8 cm³/mol. The number of aromatic nitrogens is 2. The van der Waals surface area contributed by atoms with Crippen molar-refractivity contribution < 1.29 is 5.11 Å². The van der Waals surface area contributed by atoms with Gasteiger partial charge >= 0.3 is 0 Å². The molecule has 0 fully saturated rings. The van der Waals surface area contributed by atoms with Crippen molar-refractivity contribution in [2.75, 3.05) is 18.6 Å². The van der Waals surface area contributed by atoms with Crippen LogP contribution in [0.3, 0.4) is 0 Å². The number of rotatable bonds is 6. The molecule has 1 aromatic heterocycles. The zero-order chi connectivity index (χ0) is 14.6. The van der Waals surface area contributed by atoms with Crippen molar-refractivity contribution in [3.05, 3.63) is 27.4 Å². The number of nitrogens with one attached hydrogen (secondary N) is 2. The van der Waals surface area contributed by atoms with Gasteiger partial charge in [-0.05, 0) is 34.0 Å². The Labute approximate surface area is 118 Å². The van der Waals surface area contributed by atoms with Gasteiger partial charge in [0.2, 0.25) is 0 Å². The van der Waals surface area contributed by atoms with Crippen molar-refractivity contribution in [3.8, 4) is 0 Å². The molecule has 3 N–H and O–H groups in total. The molecular weight excluding hydrogens is 262 g/mol. The topological polar surface area (TPSA) is 78.0 Å². The highest BCUT2D eigenvalue weighted by atomic mass is 32.2. The van der Waals surface area contributed by atoms with Crippen molar-refractivity contribution in [1.82, 2.24) is 15.3 Å². The van der Waals surface area contributed by atoms with Gasteiger partial charge in [-0.1, -0.05) is 0 Å². The molecule has 0 aliphatic rings. The van der Waals surface area contributed by atoms with E-state index in [0.717, 1.165) is 5.69 Å². The van der Waals surface area contributed by atoms with Gasteiger partial charge in [0.25, 0.3) is 5.56 Å². The third-order valence-corrected chi connectivity index (χ3v) is 3.85. The quantitative estimate of drug-likeness (QED) is 0.731. The van der Waals surface area contributed by atoms with E-state index in [1.165, 1.54) is 0 Å². The Bertz CT molecular complexity index is 485. The molecule has 0 spiro atoms. The van der Waals surface area contributed by atoms with Crippen molar-refractivity contribution in [2.24, 2.45) is 0 Å². The van der Waals surface area contributed by atoms with Gasteiger partial charge in [0, 0.05) is 24.0 Å². The SMILES string of the molecule is CSCC(C)(O)CNC(C)c1c(C)nc(C)[nH]c1=O. The van der Waals surface area contributed by atoms with Crippen molar-refractivity contribution in [1.29, 1.82) is 0 Å². The van der Waals surface area contributed by atoms with E-state index >= 15 is 0 Å². The minimum absolute atomic E-state index is 0.116. The zero-order valence-electron chi connectivity index (χ0n) is 12.2. The molecule has 0 saturated heterocycles. The second kappa shape index (κ2) is 6.54. The highest BCUT2D eigenvalue weighted by Crippen LogP contribution is 2.14. The summed E-state index contributed by atoms with van der Waals surface area (Å²) >= 11 is 1.59. The Morgan fingerprint density at radius 3 is 2.68 bits per heavy atom. The summed E-state index contributed by atoms with van der Waals surface area (Å²) < 4.78 is 0. The van der Waals surface area contributed by atoms with Crippen molar-refractivity contribution >= 4 is 11.8 Å². The maximum Gasteiger partial charge on any atom is 0.255 e. The molecule has 1 rings (SSSR count). The minimum Gasteiger partial charge on any atom is -0.388 e. The Morgan fingerprint density at radius 2 is 2.16 bits per heavy atom. The van der Waals surface area contributed by atoms with Gasteiger partial charge in [0.05, 0.1) is 11.2 Å². The van der Waals surface area contributed by atoms with Gasteiger partial charge in [0.15, 0.2) is 0 Å². The highest BCUT2D eigenvalue weighted by molar-refractivity contribution is 7.98. The lowest BCUT2D eigenvalue weighted by Crippen LogP contribution is -2.42. The van der Waals surface area contributed by atoms with E-state index in [1.54, 1.807) is 25.6 Å². The largest absolute Gasteiger partial charge is 0.388 e. The molecule has 19 heavy (non-hydrogen) atoms. The Balaban J connectivity index is 2.80. The Kier molecular flexibility index (Phi) is 5.58. The molecule has 0 aromatic carbocycles. The van der Waals surface area contributed by atoms with Gasteiger partial charge in [-0.3, -0.25) is 4.79 Å². The van der Waals surface area contributed by atoms with Gasteiger partial charge in [0.1, 0.15) is 5.82 Å². The van der Waals surface area contributed by atoms with E-state index in [0.29, 0.717) is 23.7 Å². The lowest BCUT2D eigenvalue weighted by atomic mass is 10.1. The summed E-state index contributed by atoms with van der Waals surface area (Å²) in [7, 11) is 0. The molecule has 6 heteroatoms. The van der Waals surface area contributed by atoms with Crippen molar-refractivity contribution in [3.63, 3.8) is 0 Å². The van der Waals surface area contributed by atoms with Crippen LogP contribution in [0.15, 0.2) is 4.79 Å².